The van der Waals surface area contributed by atoms with Gasteiger partial charge < -0.3 is 0 Å². The van der Waals surface area contributed by atoms with Crippen LogP contribution in [0.3, 0.4) is 0 Å². The summed E-state index contributed by atoms with van der Waals surface area (Å²) in [7, 11) is 0. The van der Waals surface area contributed by atoms with E-state index in [0.29, 0.717) is 29.5 Å². The quantitative estimate of drug-likeness (QED) is 0.459. The summed E-state index contributed by atoms with van der Waals surface area (Å²) < 4.78 is 0. The molecule has 3 fully saturated rings. The van der Waals surface area contributed by atoms with Gasteiger partial charge in [-0.05, 0) is 118 Å². The third-order valence-electron chi connectivity index (χ3n) is 9.68. The van der Waals surface area contributed by atoms with Crippen molar-refractivity contribution >= 4 is 11.6 Å². The largest absolute Gasteiger partial charge is 0.300 e. The molecule has 3 saturated carbocycles. The molecule has 0 aromatic carbocycles. The Balaban J connectivity index is 1.65. The number of hydrogen-bond acceptors (Lipinski definition) is 2. The molecule has 5 aliphatic carbocycles. The molecule has 6 atom stereocenters. The Kier molecular flexibility index (Phi) is 4.65. The average Bonchev–Trinajstić information content (AvgIpc) is 2.72. The smallest absolute Gasteiger partial charge is 0.185 e. The highest BCUT2D eigenvalue weighted by molar-refractivity contribution is 6.11. The zero-order valence-corrected chi connectivity index (χ0v) is 19.5. The molecule has 0 radical (unpaired) electrons. The van der Waals surface area contributed by atoms with E-state index in [1.165, 1.54) is 47.1 Å². The molecule has 0 saturated heterocycles. The van der Waals surface area contributed by atoms with Gasteiger partial charge in [0, 0.05) is 29.9 Å². The van der Waals surface area contributed by atoms with Gasteiger partial charge >= 0.3 is 0 Å². The second kappa shape index (κ2) is 6.90. The topological polar surface area (TPSA) is 34.1 Å². The molecule has 0 amide bonds. The number of carbonyl (C=O) groups is 2. The summed E-state index contributed by atoms with van der Waals surface area (Å²) in [6.07, 6.45) is 6.35. The van der Waals surface area contributed by atoms with Gasteiger partial charge in [0.25, 0.3) is 0 Å². The lowest BCUT2D eigenvalue weighted by atomic mass is 9.49. The standard InChI is InChI=1S/C28H36O2/c1-13-11-19-12-20(29)7-8-21(19)22-9-10-23-26(24(13)22)15(3)14(2)25-16(4)17(5)28(30)18(6)27(23)25/h13,19,21-24H,7-12H2,1-6H3. The predicted molar refractivity (Wildman–Crippen MR) is 121 cm³/mol. The first kappa shape index (κ1) is 20.2. The van der Waals surface area contributed by atoms with Gasteiger partial charge in [-0.1, -0.05) is 12.5 Å². The number of fused-ring (bicyclic) bond motifs is 7. The van der Waals surface area contributed by atoms with Gasteiger partial charge in [-0.3, -0.25) is 9.59 Å². The predicted octanol–water partition coefficient (Wildman–Crippen LogP) is 6.54. The van der Waals surface area contributed by atoms with E-state index in [1.54, 1.807) is 5.57 Å². The molecule has 0 aromatic heterocycles. The lowest BCUT2D eigenvalue weighted by Crippen LogP contribution is -2.47. The number of rotatable bonds is 0. The van der Waals surface area contributed by atoms with Gasteiger partial charge in [-0.2, -0.15) is 0 Å². The van der Waals surface area contributed by atoms with Gasteiger partial charge in [-0.15, -0.1) is 0 Å². The Morgan fingerprint density at radius 3 is 2.23 bits per heavy atom. The highest BCUT2D eigenvalue weighted by Gasteiger charge is 2.52. The molecule has 0 spiro atoms. The summed E-state index contributed by atoms with van der Waals surface area (Å²) in [4.78, 5) is 25.2. The molecular weight excluding hydrogens is 368 g/mol. The third-order valence-corrected chi connectivity index (χ3v) is 9.68. The van der Waals surface area contributed by atoms with E-state index in [1.807, 2.05) is 6.92 Å². The average molecular weight is 405 g/mol. The van der Waals surface area contributed by atoms with Gasteiger partial charge in [0.2, 0.25) is 0 Å². The minimum absolute atomic E-state index is 0.252. The van der Waals surface area contributed by atoms with Crippen molar-refractivity contribution in [3.63, 3.8) is 0 Å². The van der Waals surface area contributed by atoms with Crippen LogP contribution in [0.2, 0.25) is 0 Å². The Bertz CT molecular complexity index is 982. The number of allylic oxidation sites excluding steroid dienone is 8. The second-order valence-electron chi connectivity index (χ2n) is 10.9. The Morgan fingerprint density at radius 2 is 1.50 bits per heavy atom. The number of Topliss-reactive ketones (excluding diaryl/α,β-unsaturated/α-hetero) is 2. The molecule has 2 nitrogen and oxygen atoms in total. The minimum atomic E-state index is 0.252. The summed E-state index contributed by atoms with van der Waals surface area (Å²) in [5, 5.41) is 0. The maximum Gasteiger partial charge on any atom is 0.185 e. The third kappa shape index (κ3) is 2.61. The van der Waals surface area contributed by atoms with E-state index < -0.39 is 0 Å². The van der Waals surface area contributed by atoms with Gasteiger partial charge in [0.1, 0.15) is 5.78 Å². The molecule has 2 heteroatoms. The van der Waals surface area contributed by atoms with Crippen LogP contribution in [-0.4, -0.2) is 11.6 Å². The molecule has 0 heterocycles. The fourth-order valence-electron chi connectivity index (χ4n) is 8.21. The van der Waals surface area contributed by atoms with Crippen LogP contribution < -0.4 is 0 Å². The Hall–Kier alpha value is -1.70. The highest BCUT2D eigenvalue weighted by Crippen LogP contribution is 2.61. The van der Waals surface area contributed by atoms with Crippen molar-refractivity contribution in [3.8, 4) is 0 Å². The molecular formula is C28H36O2. The number of hydrogen-bond donors (Lipinski definition) is 0. The molecule has 6 unspecified atom stereocenters. The Morgan fingerprint density at radius 1 is 0.767 bits per heavy atom. The highest BCUT2D eigenvalue weighted by atomic mass is 16.1. The summed E-state index contributed by atoms with van der Waals surface area (Å²) in [6.45, 7) is 13.3. The molecule has 0 N–H and O–H groups in total. The van der Waals surface area contributed by atoms with Crippen LogP contribution >= 0.6 is 0 Å². The molecule has 30 heavy (non-hydrogen) atoms. The monoisotopic (exact) mass is 404 g/mol. The van der Waals surface area contributed by atoms with Crippen molar-refractivity contribution in [1.29, 1.82) is 0 Å². The van der Waals surface area contributed by atoms with Crippen LogP contribution in [0.15, 0.2) is 44.6 Å². The van der Waals surface area contributed by atoms with Gasteiger partial charge in [0.15, 0.2) is 5.78 Å². The zero-order valence-electron chi connectivity index (χ0n) is 19.5. The maximum atomic E-state index is 13.0. The molecule has 5 rings (SSSR count). The summed E-state index contributed by atoms with van der Waals surface area (Å²) in [5.41, 5.74) is 10.4. The SMILES string of the molecule is CC1=C(C)C2=C(C)C(C)=C3C(CCC4C5CCC(=O)CC5CC(C)C34)C2=C(C)C1=O. The molecule has 0 bridgehead atoms. The summed E-state index contributed by atoms with van der Waals surface area (Å²) in [6, 6.07) is 0. The van der Waals surface area contributed by atoms with Crippen LogP contribution in [-0.2, 0) is 9.59 Å². The van der Waals surface area contributed by atoms with Crippen molar-refractivity contribution < 1.29 is 9.59 Å². The second-order valence-corrected chi connectivity index (χ2v) is 10.9. The van der Waals surface area contributed by atoms with Crippen molar-refractivity contribution in [2.24, 2.45) is 35.5 Å². The van der Waals surface area contributed by atoms with Crippen LogP contribution in [0.1, 0.15) is 80.1 Å². The summed E-state index contributed by atoms with van der Waals surface area (Å²) in [5.74, 6) is 4.47. The van der Waals surface area contributed by atoms with Crippen LogP contribution in [0.5, 0.6) is 0 Å². The molecule has 0 aromatic rings. The summed E-state index contributed by atoms with van der Waals surface area (Å²) >= 11 is 0. The molecule has 0 aliphatic heterocycles. The molecule has 5 aliphatic rings. The van der Waals surface area contributed by atoms with Crippen LogP contribution in [0.4, 0.5) is 0 Å². The van der Waals surface area contributed by atoms with Crippen LogP contribution in [0, 0.1) is 35.5 Å². The first-order valence-electron chi connectivity index (χ1n) is 12.1. The lowest BCUT2D eigenvalue weighted by Gasteiger charge is -2.55. The Labute approximate surface area is 181 Å². The van der Waals surface area contributed by atoms with Crippen molar-refractivity contribution in [2.75, 3.05) is 0 Å². The minimum Gasteiger partial charge on any atom is -0.300 e. The lowest BCUT2D eigenvalue weighted by molar-refractivity contribution is -0.125. The van der Waals surface area contributed by atoms with Crippen LogP contribution in [0.25, 0.3) is 0 Å². The van der Waals surface area contributed by atoms with E-state index >= 15 is 0 Å². The van der Waals surface area contributed by atoms with Crippen molar-refractivity contribution in [2.45, 2.75) is 80.1 Å². The van der Waals surface area contributed by atoms with Crippen molar-refractivity contribution in [3.05, 3.63) is 44.6 Å². The fraction of sp³-hybridized carbons (Fsp3) is 0.643. The van der Waals surface area contributed by atoms with Crippen molar-refractivity contribution in [1.82, 2.24) is 0 Å². The van der Waals surface area contributed by atoms with E-state index in [0.717, 1.165) is 42.2 Å². The molecule has 160 valence electrons. The first-order valence-corrected chi connectivity index (χ1v) is 12.1. The van der Waals surface area contributed by atoms with E-state index in [4.69, 9.17) is 0 Å². The van der Waals surface area contributed by atoms with Gasteiger partial charge in [0.05, 0.1) is 0 Å². The zero-order chi connectivity index (χ0) is 21.5. The van der Waals surface area contributed by atoms with E-state index in [2.05, 4.69) is 34.6 Å². The maximum absolute atomic E-state index is 13.0. The van der Waals surface area contributed by atoms with Gasteiger partial charge in [-0.25, -0.2) is 0 Å². The normalized spacial score (nSPS) is 39.1. The number of carbonyl (C=O) groups excluding carboxylic acids is 2. The number of ketones is 2. The van der Waals surface area contributed by atoms with E-state index in [9.17, 15) is 9.59 Å². The first-order chi connectivity index (χ1) is 14.2. The fourth-order valence-corrected chi connectivity index (χ4v) is 8.21. The van der Waals surface area contributed by atoms with E-state index in [-0.39, 0.29) is 5.78 Å².